The van der Waals surface area contributed by atoms with Crippen molar-refractivity contribution in [2.24, 2.45) is 16.8 Å². The van der Waals surface area contributed by atoms with E-state index >= 15 is 0 Å². The van der Waals surface area contributed by atoms with E-state index in [1.165, 1.54) is 25.7 Å². The van der Waals surface area contributed by atoms with Crippen LogP contribution in [0.1, 0.15) is 36.0 Å². The number of hydrogen-bond donors (Lipinski definition) is 2. The number of amides is 1. The third kappa shape index (κ3) is 4.48. The summed E-state index contributed by atoms with van der Waals surface area (Å²) in [6.07, 6.45) is 5.46. The number of nitrogens with zero attached hydrogens (tertiary/aromatic N) is 2. The van der Waals surface area contributed by atoms with Crippen LogP contribution in [-0.4, -0.2) is 57.1 Å². The van der Waals surface area contributed by atoms with Gasteiger partial charge in [0.2, 0.25) is 0 Å². The van der Waals surface area contributed by atoms with E-state index in [0.29, 0.717) is 18.7 Å². The molecule has 6 nitrogen and oxygen atoms in total. The van der Waals surface area contributed by atoms with Gasteiger partial charge in [0.1, 0.15) is 5.75 Å². The van der Waals surface area contributed by atoms with Crippen molar-refractivity contribution in [2.75, 3.05) is 40.3 Å². The predicted octanol–water partition coefficient (Wildman–Crippen LogP) is 2.12. The van der Waals surface area contributed by atoms with E-state index in [-0.39, 0.29) is 5.91 Å². The summed E-state index contributed by atoms with van der Waals surface area (Å²) in [5.74, 6) is 3.29. The van der Waals surface area contributed by atoms with Crippen LogP contribution in [-0.2, 0) is 0 Å². The summed E-state index contributed by atoms with van der Waals surface area (Å²) in [4.78, 5) is 19.0. The maximum Gasteiger partial charge on any atom is 0.251 e. The molecule has 0 aromatic heterocycles. The minimum absolute atomic E-state index is 0.0726. The molecule has 6 heteroatoms. The molecule has 1 heterocycles. The lowest BCUT2D eigenvalue weighted by atomic mass is 9.82. The van der Waals surface area contributed by atoms with Crippen LogP contribution in [0.3, 0.4) is 0 Å². The van der Waals surface area contributed by atoms with Crippen molar-refractivity contribution in [2.45, 2.75) is 25.7 Å². The summed E-state index contributed by atoms with van der Waals surface area (Å²) in [6.45, 7) is 3.45. The van der Waals surface area contributed by atoms with Gasteiger partial charge in [-0.15, -0.1) is 0 Å². The Morgan fingerprint density at radius 1 is 1.12 bits per heavy atom. The fourth-order valence-corrected chi connectivity index (χ4v) is 4.11. The van der Waals surface area contributed by atoms with Crippen molar-refractivity contribution in [3.05, 3.63) is 29.8 Å². The zero-order valence-corrected chi connectivity index (χ0v) is 15.8. The maximum atomic E-state index is 12.2. The highest BCUT2D eigenvalue weighted by Gasteiger charge is 2.35. The molecule has 2 fully saturated rings. The van der Waals surface area contributed by atoms with E-state index in [0.717, 1.165) is 36.6 Å². The Hall–Kier alpha value is -2.24. The lowest BCUT2D eigenvalue weighted by Gasteiger charge is -2.22. The molecule has 2 aliphatic rings. The standard InChI is InChI=1S/C20H30N4O2/c1-21-20(24-13-16-5-3-4-6-17(16)14-24)23-12-11-22-19(25)15-7-9-18(26-2)10-8-15/h7-10,16-17H,3-6,11-14H2,1-2H3,(H,21,23)(H,22,25). The molecule has 2 N–H and O–H groups in total. The molecule has 1 aliphatic carbocycles. The first kappa shape index (κ1) is 18.5. The zero-order chi connectivity index (χ0) is 18.4. The molecular formula is C20H30N4O2. The molecule has 2 unspecified atom stereocenters. The number of aliphatic imine (C=N–C) groups is 1. The van der Waals surface area contributed by atoms with Crippen LogP contribution >= 0.6 is 0 Å². The number of methoxy groups -OCH3 is 1. The lowest BCUT2D eigenvalue weighted by molar-refractivity contribution is 0.0954. The van der Waals surface area contributed by atoms with Crippen molar-refractivity contribution in [1.29, 1.82) is 0 Å². The van der Waals surface area contributed by atoms with Crippen molar-refractivity contribution in [1.82, 2.24) is 15.5 Å². The Balaban J connectivity index is 1.41. The number of hydrogen-bond acceptors (Lipinski definition) is 3. The van der Waals surface area contributed by atoms with Gasteiger partial charge in [-0.2, -0.15) is 0 Å². The number of carbonyl (C=O) groups is 1. The number of benzene rings is 1. The number of carbonyl (C=O) groups excluding carboxylic acids is 1. The molecule has 1 saturated heterocycles. The van der Waals surface area contributed by atoms with Gasteiger partial charge in [-0.1, -0.05) is 12.8 Å². The Morgan fingerprint density at radius 3 is 2.31 bits per heavy atom. The van der Waals surface area contributed by atoms with Gasteiger partial charge in [-0.3, -0.25) is 9.79 Å². The van der Waals surface area contributed by atoms with Crippen molar-refractivity contribution < 1.29 is 9.53 Å². The van der Waals surface area contributed by atoms with Crippen molar-refractivity contribution >= 4 is 11.9 Å². The van der Waals surface area contributed by atoms with Gasteiger partial charge >= 0.3 is 0 Å². The van der Waals surface area contributed by atoms with Gasteiger partial charge in [0, 0.05) is 38.8 Å². The molecule has 142 valence electrons. The number of fused-ring (bicyclic) bond motifs is 1. The largest absolute Gasteiger partial charge is 0.497 e. The first-order valence-corrected chi connectivity index (χ1v) is 9.59. The van der Waals surface area contributed by atoms with E-state index in [1.807, 2.05) is 7.05 Å². The average molecular weight is 358 g/mol. The van der Waals surface area contributed by atoms with E-state index in [1.54, 1.807) is 31.4 Å². The first-order valence-electron chi connectivity index (χ1n) is 9.59. The highest BCUT2D eigenvalue weighted by atomic mass is 16.5. The number of nitrogens with one attached hydrogen (secondary N) is 2. The molecule has 0 radical (unpaired) electrons. The van der Waals surface area contributed by atoms with Gasteiger partial charge in [-0.05, 0) is 48.9 Å². The maximum absolute atomic E-state index is 12.2. The summed E-state index contributed by atoms with van der Waals surface area (Å²) in [5, 5.41) is 6.33. The van der Waals surface area contributed by atoms with Crippen LogP contribution in [0.15, 0.2) is 29.3 Å². The minimum Gasteiger partial charge on any atom is -0.497 e. The second kappa shape index (κ2) is 8.92. The lowest BCUT2D eigenvalue weighted by Crippen LogP contribution is -2.43. The molecule has 1 aromatic rings. The van der Waals surface area contributed by atoms with E-state index in [9.17, 15) is 4.79 Å². The van der Waals surface area contributed by atoms with E-state index < -0.39 is 0 Å². The second-order valence-electron chi connectivity index (χ2n) is 7.17. The molecule has 3 rings (SSSR count). The second-order valence-corrected chi connectivity index (χ2v) is 7.17. The quantitative estimate of drug-likeness (QED) is 0.481. The molecule has 1 aromatic carbocycles. The van der Waals surface area contributed by atoms with Gasteiger partial charge in [0.25, 0.3) is 5.91 Å². The summed E-state index contributed by atoms with van der Waals surface area (Å²) in [5.41, 5.74) is 0.638. The molecule has 1 amide bonds. The highest BCUT2D eigenvalue weighted by molar-refractivity contribution is 5.94. The molecule has 26 heavy (non-hydrogen) atoms. The average Bonchev–Trinajstić information content (AvgIpc) is 3.11. The fraction of sp³-hybridized carbons (Fsp3) is 0.600. The van der Waals surface area contributed by atoms with Crippen molar-refractivity contribution in [3.8, 4) is 5.75 Å². The minimum atomic E-state index is -0.0726. The number of likely N-dealkylation sites (tertiary alicyclic amines) is 1. The van der Waals surface area contributed by atoms with Crippen LogP contribution in [0.5, 0.6) is 5.75 Å². The SMILES string of the molecule is CN=C(NCCNC(=O)c1ccc(OC)cc1)N1CC2CCCCC2C1. The highest BCUT2D eigenvalue weighted by Crippen LogP contribution is 2.35. The number of guanidine groups is 1. The Bertz CT molecular complexity index is 615. The summed E-state index contributed by atoms with van der Waals surface area (Å²) in [6, 6.07) is 7.13. The zero-order valence-electron chi connectivity index (χ0n) is 15.8. The summed E-state index contributed by atoms with van der Waals surface area (Å²) < 4.78 is 5.11. The van der Waals surface area contributed by atoms with Crippen LogP contribution in [0.25, 0.3) is 0 Å². The van der Waals surface area contributed by atoms with Crippen LogP contribution in [0.2, 0.25) is 0 Å². The number of rotatable bonds is 5. The smallest absolute Gasteiger partial charge is 0.251 e. The Morgan fingerprint density at radius 2 is 1.73 bits per heavy atom. The Labute approximate surface area is 156 Å². The third-order valence-corrected chi connectivity index (χ3v) is 5.53. The van der Waals surface area contributed by atoms with Crippen LogP contribution in [0.4, 0.5) is 0 Å². The van der Waals surface area contributed by atoms with Gasteiger partial charge in [0.15, 0.2) is 5.96 Å². The monoisotopic (exact) mass is 358 g/mol. The normalized spacial score (nSPS) is 22.7. The van der Waals surface area contributed by atoms with Gasteiger partial charge in [-0.25, -0.2) is 0 Å². The van der Waals surface area contributed by atoms with Gasteiger partial charge in [0.05, 0.1) is 7.11 Å². The number of ether oxygens (including phenoxy) is 1. The van der Waals surface area contributed by atoms with E-state index in [4.69, 9.17) is 4.74 Å². The summed E-state index contributed by atoms with van der Waals surface area (Å²) >= 11 is 0. The topological polar surface area (TPSA) is 66.0 Å². The summed E-state index contributed by atoms with van der Waals surface area (Å²) in [7, 11) is 3.45. The molecule has 0 spiro atoms. The molecule has 0 bridgehead atoms. The van der Waals surface area contributed by atoms with Crippen LogP contribution < -0.4 is 15.4 Å². The first-order chi connectivity index (χ1) is 12.7. The van der Waals surface area contributed by atoms with Crippen LogP contribution in [0, 0.1) is 11.8 Å². The van der Waals surface area contributed by atoms with E-state index in [2.05, 4.69) is 20.5 Å². The Kier molecular flexibility index (Phi) is 6.36. The third-order valence-electron chi connectivity index (χ3n) is 5.53. The fourth-order valence-electron chi connectivity index (χ4n) is 4.11. The molecule has 1 aliphatic heterocycles. The molecule has 1 saturated carbocycles. The molecule has 2 atom stereocenters. The van der Waals surface area contributed by atoms with Gasteiger partial charge < -0.3 is 20.3 Å². The predicted molar refractivity (Wildman–Crippen MR) is 104 cm³/mol. The molecular weight excluding hydrogens is 328 g/mol. The van der Waals surface area contributed by atoms with Crippen molar-refractivity contribution in [3.63, 3.8) is 0 Å².